The monoisotopic (exact) mass is 350 g/mol. The van der Waals surface area contributed by atoms with Crippen LogP contribution in [0.15, 0.2) is 0 Å². The van der Waals surface area contributed by atoms with Gasteiger partial charge in [0.1, 0.15) is 0 Å². The van der Waals surface area contributed by atoms with Crippen LogP contribution < -0.4 is 0 Å². The number of urea groups is 1. The Kier molecular flexibility index (Phi) is 5.56. The summed E-state index contributed by atoms with van der Waals surface area (Å²) in [6, 6.07) is 0.236. The van der Waals surface area contributed by atoms with Crippen molar-refractivity contribution in [3.63, 3.8) is 0 Å². The molecule has 0 spiro atoms. The summed E-state index contributed by atoms with van der Waals surface area (Å²) < 4.78 is 0. The van der Waals surface area contributed by atoms with E-state index in [1.54, 1.807) is 4.90 Å². The van der Waals surface area contributed by atoms with Crippen molar-refractivity contribution in [1.29, 1.82) is 0 Å². The lowest BCUT2D eigenvalue weighted by molar-refractivity contribution is -0.135. The van der Waals surface area contributed by atoms with Crippen molar-refractivity contribution < 1.29 is 9.59 Å². The smallest absolute Gasteiger partial charge is 0.319 e. The van der Waals surface area contributed by atoms with Crippen LogP contribution in [-0.2, 0) is 4.79 Å². The van der Waals surface area contributed by atoms with Crippen LogP contribution in [0.3, 0.4) is 0 Å². The molecule has 25 heavy (non-hydrogen) atoms. The molecular formula is C19H34N4O2. The van der Waals surface area contributed by atoms with Gasteiger partial charge in [-0.3, -0.25) is 4.79 Å². The van der Waals surface area contributed by atoms with Crippen LogP contribution in [0.5, 0.6) is 0 Å². The molecule has 3 amide bonds. The summed E-state index contributed by atoms with van der Waals surface area (Å²) in [6.45, 7) is 7.58. The van der Waals surface area contributed by atoms with Gasteiger partial charge >= 0.3 is 6.03 Å². The molecule has 0 bridgehead atoms. The second-order valence-corrected chi connectivity index (χ2v) is 8.53. The molecule has 0 N–H and O–H groups in total. The van der Waals surface area contributed by atoms with Gasteiger partial charge in [0.15, 0.2) is 0 Å². The van der Waals surface area contributed by atoms with Gasteiger partial charge in [-0.25, -0.2) is 4.79 Å². The van der Waals surface area contributed by atoms with E-state index in [-0.39, 0.29) is 17.5 Å². The molecule has 6 nitrogen and oxygen atoms in total. The molecule has 0 aromatic heterocycles. The first-order valence-corrected chi connectivity index (χ1v) is 9.90. The predicted molar refractivity (Wildman–Crippen MR) is 98.4 cm³/mol. The maximum absolute atomic E-state index is 12.7. The fraction of sp³-hybridized carbons (Fsp3) is 0.895. The second-order valence-electron chi connectivity index (χ2n) is 8.53. The quantitative estimate of drug-likeness (QED) is 0.760. The number of rotatable bonds is 5. The summed E-state index contributed by atoms with van der Waals surface area (Å²) in [5.41, 5.74) is -0.112. The van der Waals surface area contributed by atoms with Crippen LogP contribution in [0.2, 0.25) is 0 Å². The van der Waals surface area contributed by atoms with E-state index in [1.165, 1.54) is 19.3 Å². The van der Waals surface area contributed by atoms with Crippen LogP contribution in [0, 0.1) is 5.41 Å². The second kappa shape index (κ2) is 7.52. The number of carbonyl (C=O) groups excluding carboxylic acids is 2. The number of amides is 3. The molecule has 2 aliphatic heterocycles. The van der Waals surface area contributed by atoms with Gasteiger partial charge in [0.05, 0.1) is 6.04 Å². The molecule has 2 heterocycles. The number of piperidine rings is 1. The highest BCUT2D eigenvalue weighted by Crippen LogP contribution is 2.47. The molecule has 1 atom stereocenters. The van der Waals surface area contributed by atoms with Crippen LogP contribution in [0.1, 0.15) is 45.4 Å². The van der Waals surface area contributed by atoms with E-state index in [2.05, 4.69) is 11.8 Å². The van der Waals surface area contributed by atoms with Crippen molar-refractivity contribution in [2.24, 2.45) is 5.41 Å². The lowest BCUT2D eigenvalue weighted by atomic mass is 10.1. The highest BCUT2D eigenvalue weighted by atomic mass is 16.2. The SMILES string of the molecule is CN(C)C(=O)N(CCN1CCCCC1)C1CCN(C(=O)C2(C)CC2)C1. The van der Waals surface area contributed by atoms with E-state index in [4.69, 9.17) is 0 Å². The van der Waals surface area contributed by atoms with Gasteiger partial charge in [-0.15, -0.1) is 0 Å². The molecule has 1 aliphatic carbocycles. The Labute approximate surface area is 152 Å². The fourth-order valence-corrected chi connectivity index (χ4v) is 4.09. The van der Waals surface area contributed by atoms with Crippen molar-refractivity contribution >= 4 is 11.9 Å². The molecule has 3 rings (SSSR count). The van der Waals surface area contributed by atoms with Crippen LogP contribution in [-0.4, -0.2) is 90.9 Å². The summed E-state index contributed by atoms with van der Waals surface area (Å²) in [7, 11) is 3.64. The molecular weight excluding hydrogens is 316 g/mol. The summed E-state index contributed by atoms with van der Waals surface area (Å²) in [5.74, 6) is 0.295. The molecule has 2 saturated heterocycles. The summed E-state index contributed by atoms with van der Waals surface area (Å²) in [5, 5.41) is 0. The van der Waals surface area contributed by atoms with Gasteiger partial charge in [-0.1, -0.05) is 13.3 Å². The predicted octanol–water partition coefficient (Wildman–Crippen LogP) is 1.86. The molecule has 0 aromatic carbocycles. The topological polar surface area (TPSA) is 47.1 Å². The molecule has 0 radical (unpaired) electrons. The number of hydrogen-bond donors (Lipinski definition) is 0. The number of hydrogen-bond acceptors (Lipinski definition) is 3. The first-order valence-electron chi connectivity index (χ1n) is 9.90. The third-order valence-corrected chi connectivity index (χ3v) is 6.14. The van der Waals surface area contributed by atoms with E-state index < -0.39 is 0 Å². The third kappa shape index (κ3) is 4.27. The Morgan fingerprint density at radius 2 is 1.76 bits per heavy atom. The fourth-order valence-electron chi connectivity index (χ4n) is 4.09. The maximum Gasteiger partial charge on any atom is 0.319 e. The van der Waals surface area contributed by atoms with Crippen LogP contribution in [0.25, 0.3) is 0 Å². The van der Waals surface area contributed by atoms with Crippen molar-refractivity contribution in [2.45, 2.75) is 51.5 Å². The van der Waals surface area contributed by atoms with Gasteiger partial charge in [0.25, 0.3) is 0 Å². The minimum absolute atomic E-state index is 0.0777. The standard InChI is InChI=1S/C19H34N4O2/c1-19(8-9-19)17(24)22-12-7-16(15-22)23(18(25)20(2)3)14-13-21-10-5-4-6-11-21/h16H,4-15H2,1-3H3. The zero-order valence-electron chi connectivity index (χ0n) is 16.2. The zero-order valence-corrected chi connectivity index (χ0v) is 16.2. The molecule has 0 aromatic rings. The van der Waals surface area contributed by atoms with Gasteiger partial charge in [-0.2, -0.15) is 0 Å². The van der Waals surface area contributed by atoms with E-state index in [0.29, 0.717) is 12.5 Å². The summed E-state index contributed by atoms with van der Waals surface area (Å²) >= 11 is 0. The van der Waals surface area contributed by atoms with Crippen molar-refractivity contribution in [1.82, 2.24) is 19.6 Å². The molecule has 1 saturated carbocycles. The third-order valence-electron chi connectivity index (χ3n) is 6.14. The minimum Gasteiger partial charge on any atom is -0.340 e. The molecule has 142 valence electrons. The Morgan fingerprint density at radius 3 is 2.36 bits per heavy atom. The Morgan fingerprint density at radius 1 is 1.08 bits per heavy atom. The number of carbonyl (C=O) groups is 2. The maximum atomic E-state index is 12.7. The van der Waals surface area contributed by atoms with E-state index >= 15 is 0 Å². The van der Waals surface area contributed by atoms with Crippen molar-refractivity contribution in [3.05, 3.63) is 0 Å². The average molecular weight is 351 g/mol. The molecule has 3 aliphatic rings. The van der Waals surface area contributed by atoms with E-state index in [9.17, 15) is 9.59 Å². The number of nitrogens with zero attached hydrogens (tertiary/aromatic N) is 4. The van der Waals surface area contributed by atoms with Gasteiger partial charge in [-0.05, 0) is 45.2 Å². The Balaban J connectivity index is 1.59. The van der Waals surface area contributed by atoms with Crippen molar-refractivity contribution in [3.8, 4) is 0 Å². The Bertz CT molecular complexity index is 498. The van der Waals surface area contributed by atoms with E-state index in [0.717, 1.165) is 52.0 Å². The number of likely N-dealkylation sites (tertiary alicyclic amines) is 2. The molecule has 3 fully saturated rings. The zero-order chi connectivity index (χ0) is 18.0. The molecule has 1 unspecified atom stereocenters. The van der Waals surface area contributed by atoms with Crippen LogP contribution >= 0.6 is 0 Å². The molecule has 6 heteroatoms. The lowest BCUT2D eigenvalue weighted by Crippen LogP contribution is -2.50. The normalized spacial score (nSPS) is 25.7. The first-order chi connectivity index (χ1) is 11.9. The highest BCUT2D eigenvalue weighted by molar-refractivity contribution is 5.85. The summed E-state index contributed by atoms with van der Waals surface area (Å²) in [4.78, 5) is 33.5. The summed E-state index contributed by atoms with van der Waals surface area (Å²) in [6.07, 6.45) is 6.80. The average Bonchev–Trinajstić information content (AvgIpc) is 3.18. The minimum atomic E-state index is -0.112. The lowest BCUT2D eigenvalue weighted by Gasteiger charge is -2.34. The Hall–Kier alpha value is -1.30. The van der Waals surface area contributed by atoms with Crippen LogP contribution in [0.4, 0.5) is 4.79 Å². The van der Waals surface area contributed by atoms with Gasteiger partial charge < -0.3 is 19.6 Å². The first kappa shape index (κ1) is 18.5. The highest BCUT2D eigenvalue weighted by Gasteiger charge is 2.48. The largest absolute Gasteiger partial charge is 0.340 e. The van der Waals surface area contributed by atoms with Crippen molar-refractivity contribution in [2.75, 3.05) is 53.4 Å². The van der Waals surface area contributed by atoms with Gasteiger partial charge in [0.2, 0.25) is 5.91 Å². The van der Waals surface area contributed by atoms with E-state index in [1.807, 2.05) is 23.9 Å². The van der Waals surface area contributed by atoms with Gasteiger partial charge in [0, 0.05) is 45.7 Å².